The number of aromatic nitrogens is 2. The lowest BCUT2D eigenvalue weighted by molar-refractivity contribution is -0.119. The number of anilines is 2. The van der Waals surface area contributed by atoms with Crippen molar-refractivity contribution in [1.29, 1.82) is 0 Å². The van der Waals surface area contributed by atoms with Crippen LogP contribution < -0.4 is 19.7 Å². The van der Waals surface area contributed by atoms with Crippen LogP contribution in [0.15, 0.2) is 91.3 Å². The van der Waals surface area contributed by atoms with E-state index in [2.05, 4.69) is 47.7 Å². The van der Waals surface area contributed by atoms with Crippen molar-refractivity contribution in [2.45, 2.75) is 39.3 Å². The molecule has 0 saturated heterocycles. The lowest BCUT2D eigenvalue weighted by Crippen LogP contribution is -2.31. The van der Waals surface area contributed by atoms with E-state index < -0.39 is 5.60 Å². The number of fused-ring (bicyclic) bond motifs is 1. The van der Waals surface area contributed by atoms with Crippen molar-refractivity contribution in [3.8, 4) is 11.5 Å². The largest absolute Gasteiger partial charge is 0.493 e. The number of para-hydroxylation sites is 1. The third kappa shape index (κ3) is 6.84. The van der Waals surface area contributed by atoms with Gasteiger partial charge in [0.15, 0.2) is 0 Å². The molecule has 0 fully saturated rings. The van der Waals surface area contributed by atoms with Crippen molar-refractivity contribution < 1.29 is 19.1 Å². The Hall–Kier alpha value is -4.85. The molecule has 1 aliphatic heterocycles. The molecule has 5 rings (SSSR count). The van der Waals surface area contributed by atoms with Crippen LogP contribution in [0.1, 0.15) is 37.0 Å². The number of ether oxygens (including phenoxy) is 2. The fourth-order valence-electron chi connectivity index (χ4n) is 4.64. The molecule has 8 nitrogen and oxygen atoms in total. The van der Waals surface area contributed by atoms with Gasteiger partial charge in [0.25, 0.3) is 0 Å². The smallest absolute Gasteiger partial charge is 0.248 e. The van der Waals surface area contributed by atoms with E-state index >= 15 is 0 Å². The van der Waals surface area contributed by atoms with Gasteiger partial charge in [-0.25, -0.2) is 0 Å². The summed E-state index contributed by atoms with van der Waals surface area (Å²) in [6, 6.07) is 23.6. The Morgan fingerprint density at radius 3 is 2.56 bits per heavy atom. The predicted molar refractivity (Wildman–Crippen MR) is 160 cm³/mol. The number of hydrogen-bond acceptors (Lipinski definition) is 5. The molecule has 0 bridgehead atoms. The molecule has 0 unspecified atom stereocenters. The van der Waals surface area contributed by atoms with Gasteiger partial charge in [-0.15, -0.1) is 0 Å². The predicted octanol–water partition coefficient (Wildman–Crippen LogP) is 5.86. The highest BCUT2D eigenvalue weighted by Crippen LogP contribution is 2.41. The Kier molecular flexibility index (Phi) is 7.92. The fourth-order valence-corrected chi connectivity index (χ4v) is 4.64. The maximum absolute atomic E-state index is 13.1. The van der Waals surface area contributed by atoms with Crippen molar-refractivity contribution in [3.05, 3.63) is 108 Å². The molecule has 3 aromatic carbocycles. The number of nitrogens with zero attached hydrogens (tertiary/aromatic N) is 3. The lowest BCUT2D eigenvalue weighted by atomic mass is 9.89. The van der Waals surface area contributed by atoms with E-state index in [1.165, 1.54) is 16.4 Å². The molecule has 41 heavy (non-hydrogen) atoms. The van der Waals surface area contributed by atoms with E-state index in [1.54, 1.807) is 18.1 Å². The Labute approximate surface area is 240 Å². The minimum absolute atomic E-state index is 0.0153. The van der Waals surface area contributed by atoms with E-state index in [1.807, 2.05) is 62.4 Å². The molecule has 2 heterocycles. The average Bonchev–Trinajstić information content (AvgIpc) is 3.38. The molecule has 210 valence electrons. The van der Waals surface area contributed by atoms with Crippen molar-refractivity contribution in [3.63, 3.8) is 0 Å². The Morgan fingerprint density at radius 2 is 1.80 bits per heavy atom. The molecule has 1 aromatic heterocycles. The maximum Gasteiger partial charge on any atom is 0.248 e. The summed E-state index contributed by atoms with van der Waals surface area (Å²) in [7, 11) is 1.73. The third-order valence-electron chi connectivity index (χ3n) is 6.80. The number of hydrogen-bond donors (Lipinski definition) is 1. The highest BCUT2D eigenvalue weighted by atomic mass is 16.5. The number of aryl methyl sites for hydroxylation is 1. The maximum atomic E-state index is 13.1. The number of nitrogens with one attached hydrogen (secondary N) is 1. The fraction of sp³-hybridized carbons (Fsp3) is 0.242. The summed E-state index contributed by atoms with van der Waals surface area (Å²) in [5, 5.41) is 7.04. The van der Waals surface area contributed by atoms with Gasteiger partial charge in [-0.05, 0) is 62.2 Å². The van der Waals surface area contributed by atoms with Gasteiger partial charge in [-0.3, -0.25) is 14.3 Å². The standard InChI is InChI=1S/C33H34N4O4/c1-23-10-12-24(13-11-23)29-19-33(2,3)41-30-18-26(14-15-28(29)30)36(4)32(39)22-37-21-25(20-34-37)35-31(38)16-17-40-27-8-6-5-7-9-27/h5-15,18-21H,16-17,22H2,1-4H3,(H,35,38). The number of carbonyl (C=O) groups excluding carboxylic acids is 2. The Bertz CT molecular complexity index is 1570. The van der Waals surface area contributed by atoms with Crippen LogP contribution in [0.2, 0.25) is 0 Å². The molecule has 4 aromatic rings. The Morgan fingerprint density at radius 1 is 1.05 bits per heavy atom. The van der Waals surface area contributed by atoms with Crippen molar-refractivity contribution in [2.24, 2.45) is 0 Å². The number of benzene rings is 3. The van der Waals surface area contributed by atoms with Gasteiger partial charge in [0, 0.05) is 30.6 Å². The van der Waals surface area contributed by atoms with Crippen LogP contribution in [-0.2, 0) is 16.1 Å². The topological polar surface area (TPSA) is 85.7 Å². The molecular formula is C33H34N4O4. The second-order valence-electron chi connectivity index (χ2n) is 10.6. The van der Waals surface area contributed by atoms with Crippen molar-refractivity contribution in [2.75, 3.05) is 23.9 Å². The molecule has 0 saturated carbocycles. The quantitative estimate of drug-likeness (QED) is 0.282. The normalized spacial score (nSPS) is 13.4. The molecule has 0 radical (unpaired) electrons. The van der Waals surface area contributed by atoms with E-state index in [9.17, 15) is 9.59 Å². The minimum Gasteiger partial charge on any atom is -0.493 e. The van der Waals surface area contributed by atoms with E-state index in [-0.39, 0.29) is 31.4 Å². The van der Waals surface area contributed by atoms with Gasteiger partial charge in [0.2, 0.25) is 11.8 Å². The van der Waals surface area contributed by atoms with E-state index in [0.29, 0.717) is 17.1 Å². The lowest BCUT2D eigenvalue weighted by Gasteiger charge is -2.32. The van der Waals surface area contributed by atoms with Crippen LogP contribution in [0, 0.1) is 6.92 Å². The van der Waals surface area contributed by atoms with Gasteiger partial charge >= 0.3 is 0 Å². The minimum atomic E-state index is -0.502. The van der Waals surface area contributed by atoms with Crippen LogP contribution in [0.3, 0.4) is 0 Å². The SMILES string of the molecule is Cc1ccc(C2=CC(C)(C)Oc3cc(N(C)C(=O)Cn4cc(NC(=O)CCOc5ccccc5)cn4)ccc32)cc1. The van der Waals surface area contributed by atoms with Crippen LogP contribution in [0.5, 0.6) is 11.5 Å². The molecule has 1 aliphatic rings. The van der Waals surface area contributed by atoms with Crippen LogP contribution in [0.25, 0.3) is 5.57 Å². The van der Waals surface area contributed by atoms with Gasteiger partial charge < -0.3 is 19.7 Å². The second kappa shape index (κ2) is 11.7. The van der Waals surface area contributed by atoms with Gasteiger partial charge in [-0.2, -0.15) is 5.10 Å². The number of likely N-dealkylation sites (N-methyl/N-ethyl adjacent to an activating group) is 1. The average molecular weight is 551 g/mol. The summed E-state index contributed by atoms with van der Waals surface area (Å²) in [6.07, 6.45) is 5.49. The monoisotopic (exact) mass is 550 g/mol. The zero-order valence-corrected chi connectivity index (χ0v) is 23.8. The van der Waals surface area contributed by atoms with Crippen molar-refractivity contribution in [1.82, 2.24) is 9.78 Å². The first kappa shape index (κ1) is 27.7. The van der Waals surface area contributed by atoms with Gasteiger partial charge in [0.1, 0.15) is 23.6 Å². The molecule has 0 aliphatic carbocycles. The summed E-state index contributed by atoms with van der Waals surface area (Å²) in [4.78, 5) is 27.0. The number of amides is 2. The summed E-state index contributed by atoms with van der Waals surface area (Å²) < 4.78 is 13.4. The molecule has 1 N–H and O–H groups in total. The molecule has 2 amide bonds. The highest BCUT2D eigenvalue weighted by molar-refractivity contribution is 5.94. The van der Waals surface area contributed by atoms with Crippen LogP contribution >= 0.6 is 0 Å². The van der Waals surface area contributed by atoms with E-state index in [4.69, 9.17) is 9.47 Å². The molecular weight excluding hydrogens is 516 g/mol. The summed E-state index contributed by atoms with van der Waals surface area (Å²) in [5.41, 5.74) is 5.15. The number of carbonyl (C=O) groups is 2. The van der Waals surface area contributed by atoms with Gasteiger partial charge in [-0.1, -0.05) is 48.0 Å². The van der Waals surface area contributed by atoms with Crippen LogP contribution in [0.4, 0.5) is 11.4 Å². The van der Waals surface area contributed by atoms with Crippen molar-refractivity contribution >= 4 is 28.8 Å². The number of rotatable bonds is 9. The first-order chi connectivity index (χ1) is 19.7. The first-order valence-corrected chi connectivity index (χ1v) is 13.6. The highest BCUT2D eigenvalue weighted by Gasteiger charge is 2.28. The third-order valence-corrected chi connectivity index (χ3v) is 6.80. The zero-order valence-electron chi connectivity index (χ0n) is 23.8. The summed E-state index contributed by atoms with van der Waals surface area (Å²) in [6.45, 7) is 6.40. The summed E-state index contributed by atoms with van der Waals surface area (Å²) >= 11 is 0. The van der Waals surface area contributed by atoms with E-state index in [0.717, 1.165) is 22.4 Å². The summed E-state index contributed by atoms with van der Waals surface area (Å²) in [5.74, 6) is 1.09. The molecule has 8 heteroatoms. The second-order valence-corrected chi connectivity index (χ2v) is 10.6. The molecule has 0 spiro atoms. The van der Waals surface area contributed by atoms with Crippen LogP contribution in [-0.4, -0.2) is 40.9 Å². The zero-order chi connectivity index (χ0) is 29.0. The Balaban J connectivity index is 1.21. The van der Waals surface area contributed by atoms with Gasteiger partial charge in [0.05, 0.1) is 24.9 Å². The molecule has 0 atom stereocenters. The first-order valence-electron chi connectivity index (χ1n) is 13.6.